The van der Waals surface area contributed by atoms with Crippen molar-refractivity contribution in [3.05, 3.63) is 45.7 Å². The first-order valence-electron chi connectivity index (χ1n) is 5.49. The molecule has 0 saturated carbocycles. The highest BCUT2D eigenvalue weighted by atomic mass is 127. The van der Waals surface area contributed by atoms with Crippen molar-refractivity contribution >= 4 is 34.2 Å². The van der Waals surface area contributed by atoms with Crippen molar-refractivity contribution in [1.82, 2.24) is 4.98 Å². The molecule has 0 aliphatic rings. The number of oxazole rings is 1. The number of nitrogens with one attached hydrogen (secondary N) is 1. The number of carbonyl (C=O) groups excluding carboxylic acids is 1. The summed E-state index contributed by atoms with van der Waals surface area (Å²) < 4.78 is 6.11. The summed E-state index contributed by atoms with van der Waals surface area (Å²) in [7, 11) is 0. The number of hydrogen-bond acceptors (Lipinski definition) is 5. The van der Waals surface area contributed by atoms with Crippen molar-refractivity contribution in [3.63, 3.8) is 0 Å². The van der Waals surface area contributed by atoms with E-state index in [1.54, 1.807) is 12.1 Å². The van der Waals surface area contributed by atoms with Crippen LogP contribution in [0, 0.1) is 3.57 Å². The number of amides is 1. The predicted octanol–water partition coefficient (Wildman–Crippen LogP) is 1.52. The highest BCUT2D eigenvalue weighted by Crippen LogP contribution is 2.14. The van der Waals surface area contributed by atoms with Crippen LogP contribution in [0.2, 0.25) is 0 Å². The Labute approximate surface area is 123 Å². The molecule has 6 nitrogen and oxygen atoms in total. The lowest BCUT2D eigenvalue weighted by Gasteiger charge is -2.02. The number of anilines is 1. The maximum Gasteiger partial charge on any atom is 0.277 e. The Kier molecular flexibility index (Phi) is 4.51. The normalized spacial score (nSPS) is 12.2. The van der Waals surface area contributed by atoms with Gasteiger partial charge in [0, 0.05) is 9.26 Å². The SMILES string of the molecule is NC(CO)c1nc(C(=O)Nc2ccc(I)cc2)co1. The molecule has 4 N–H and O–H groups in total. The van der Waals surface area contributed by atoms with Crippen LogP contribution in [-0.4, -0.2) is 22.6 Å². The smallest absolute Gasteiger partial charge is 0.277 e. The van der Waals surface area contributed by atoms with Crippen molar-refractivity contribution < 1.29 is 14.3 Å². The molecule has 0 saturated heterocycles. The quantitative estimate of drug-likeness (QED) is 0.706. The van der Waals surface area contributed by atoms with Gasteiger partial charge in [0.1, 0.15) is 12.3 Å². The first kappa shape index (κ1) is 14.0. The lowest BCUT2D eigenvalue weighted by Crippen LogP contribution is -2.16. The van der Waals surface area contributed by atoms with E-state index in [0.717, 1.165) is 3.57 Å². The van der Waals surface area contributed by atoms with E-state index in [2.05, 4.69) is 32.9 Å². The van der Waals surface area contributed by atoms with E-state index >= 15 is 0 Å². The average Bonchev–Trinajstić information content (AvgIpc) is 2.90. The van der Waals surface area contributed by atoms with Crippen LogP contribution in [0.15, 0.2) is 34.9 Å². The van der Waals surface area contributed by atoms with Gasteiger partial charge in [-0.15, -0.1) is 0 Å². The van der Waals surface area contributed by atoms with Crippen molar-refractivity contribution in [2.75, 3.05) is 11.9 Å². The molecule has 0 aliphatic heterocycles. The summed E-state index contributed by atoms with van der Waals surface area (Å²) in [4.78, 5) is 15.8. The summed E-state index contributed by atoms with van der Waals surface area (Å²) in [6.07, 6.45) is 1.22. The minimum atomic E-state index is -0.722. The number of nitrogens with zero attached hydrogens (tertiary/aromatic N) is 1. The fourth-order valence-electron chi connectivity index (χ4n) is 1.37. The maximum absolute atomic E-state index is 11.9. The molecule has 2 rings (SSSR count). The Bertz CT molecular complexity index is 568. The lowest BCUT2D eigenvalue weighted by atomic mass is 10.3. The monoisotopic (exact) mass is 373 g/mol. The van der Waals surface area contributed by atoms with E-state index in [0.29, 0.717) is 5.69 Å². The van der Waals surface area contributed by atoms with Crippen LogP contribution >= 0.6 is 22.6 Å². The molecule has 100 valence electrons. The molecule has 1 heterocycles. The molecule has 19 heavy (non-hydrogen) atoms. The van der Waals surface area contributed by atoms with Gasteiger partial charge in [-0.05, 0) is 46.9 Å². The molecule has 1 aromatic heterocycles. The number of carbonyl (C=O) groups is 1. The van der Waals surface area contributed by atoms with Gasteiger partial charge in [-0.1, -0.05) is 0 Å². The Balaban J connectivity index is 2.07. The van der Waals surface area contributed by atoms with Crippen LogP contribution in [0.4, 0.5) is 5.69 Å². The highest BCUT2D eigenvalue weighted by molar-refractivity contribution is 14.1. The topological polar surface area (TPSA) is 101 Å². The van der Waals surface area contributed by atoms with Crippen LogP contribution in [0.3, 0.4) is 0 Å². The van der Waals surface area contributed by atoms with Gasteiger partial charge in [0.25, 0.3) is 5.91 Å². The third kappa shape index (κ3) is 3.52. The minimum Gasteiger partial charge on any atom is -0.446 e. The summed E-state index contributed by atoms with van der Waals surface area (Å²) in [5, 5.41) is 11.6. The second kappa shape index (κ2) is 6.13. The van der Waals surface area contributed by atoms with Gasteiger partial charge in [0.2, 0.25) is 5.89 Å². The molecule has 0 spiro atoms. The zero-order valence-corrected chi connectivity index (χ0v) is 12.0. The number of benzene rings is 1. The second-order valence-corrected chi connectivity index (χ2v) is 5.07. The summed E-state index contributed by atoms with van der Waals surface area (Å²) in [5.74, 6) is -0.253. The molecule has 7 heteroatoms. The number of hydrogen-bond donors (Lipinski definition) is 3. The molecule has 1 aromatic carbocycles. The Morgan fingerprint density at radius 2 is 2.16 bits per heavy atom. The largest absolute Gasteiger partial charge is 0.446 e. The molecular formula is C12H12IN3O3. The molecule has 1 atom stereocenters. The van der Waals surface area contributed by atoms with E-state index in [-0.39, 0.29) is 24.1 Å². The fraction of sp³-hybridized carbons (Fsp3) is 0.167. The summed E-state index contributed by atoms with van der Waals surface area (Å²) >= 11 is 2.18. The first-order valence-corrected chi connectivity index (χ1v) is 6.57. The number of rotatable bonds is 4. The van der Waals surface area contributed by atoms with Crippen molar-refractivity contribution in [1.29, 1.82) is 0 Å². The predicted molar refractivity (Wildman–Crippen MR) is 77.6 cm³/mol. The summed E-state index contributed by atoms with van der Waals surface area (Å²) in [6.45, 7) is -0.293. The van der Waals surface area contributed by atoms with Crippen molar-refractivity contribution in [2.24, 2.45) is 5.73 Å². The van der Waals surface area contributed by atoms with Crippen LogP contribution in [0.25, 0.3) is 0 Å². The molecule has 2 aromatic rings. The zero-order chi connectivity index (χ0) is 13.8. The molecule has 0 aliphatic carbocycles. The molecule has 0 radical (unpaired) electrons. The Morgan fingerprint density at radius 3 is 2.79 bits per heavy atom. The van der Waals surface area contributed by atoms with E-state index in [4.69, 9.17) is 15.3 Å². The van der Waals surface area contributed by atoms with E-state index in [9.17, 15) is 4.79 Å². The number of nitrogens with two attached hydrogens (primary N) is 1. The zero-order valence-electron chi connectivity index (χ0n) is 9.84. The number of aliphatic hydroxyl groups excluding tert-OH is 1. The summed E-state index contributed by atoms with van der Waals surface area (Å²) in [5.41, 5.74) is 6.33. The summed E-state index contributed by atoms with van der Waals surface area (Å²) in [6, 6.07) is 6.62. The van der Waals surface area contributed by atoms with Crippen LogP contribution in [0.1, 0.15) is 22.4 Å². The van der Waals surface area contributed by atoms with Gasteiger partial charge in [0.15, 0.2) is 5.69 Å². The second-order valence-electron chi connectivity index (χ2n) is 3.82. The maximum atomic E-state index is 11.9. The Morgan fingerprint density at radius 1 is 1.47 bits per heavy atom. The van der Waals surface area contributed by atoms with Gasteiger partial charge in [0.05, 0.1) is 6.61 Å². The third-order valence-corrected chi connectivity index (χ3v) is 3.09. The van der Waals surface area contributed by atoms with Crippen LogP contribution in [0.5, 0.6) is 0 Å². The van der Waals surface area contributed by atoms with Gasteiger partial charge < -0.3 is 20.6 Å². The Hall–Kier alpha value is -1.45. The number of halogens is 1. The minimum absolute atomic E-state index is 0.123. The first-order chi connectivity index (χ1) is 9.10. The fourth-order valence-corrected chi connectivity index (χ4v) is 1.73. The number of aromatic nitrogens is 1. The van der Waals surface area contributed by atoms with Crippen molar-refractivity contribution in [3.8, 4) is 0 Å². The van der Waals surface area contributed by atoms with Gasteiger partial charge in [-0.2, -0.15) is 0 Å². The van der Waals surface area contributed by atoms with E-state index < -0.39 is 6.04 Å². The molecule has 0 fully saturated rings. The molecule has 0 bridgehead atoms. The third-order valence-electron chi connectivity index (χ3n) is 2.37. The van der Waals surface area contributed by atoms with Crippen LogP contribution < -0.4 is 11.1 Å². The van der Waals surface area contributed by atoms with Gasteiger partial charge in [-0.3, -0.25) is 4.79 Å². The molecular weight excluding hydrogens is 361 g/mol. The molecule has 1 unspecified atom stereocenters. The van der Waals surface area contributed by atoms with Gasteiger partial charge >= 0.3 is 0 Å². The van der Waals surface area contributed by atoms with Crippen LogP contribution in [-0.2, 0) is 0 Å². The van der Waals surface area contributed by atoms with E-state index in [1.165, 1.54) is 6.26 Å². The highest BCUT2D eigenvalue weighted by Gasteiger charge is 2.16. The van der Waals surface area contributed by atoms with Gasteiger partial charge in [-0.25, -0.2) is 4.98 Å². The van der Waals surface area contributed by atoms with Crippen molar-refractivity contribution in [2.45, 2.75) is 6.04 Å². The lowest BCUT2D eigenvalue weighted by molar-refractivity contribution is 0.102. The standard InChI is InChI=1S/C12H12IN3O3/c13-7-1-3-8(4-2-7)15-11(18)10-6-19-12(16-10)9(14)5-17/h1-4,6,9,17H,5,14H2,(H,15,18). The average molecular weight is 373 g/mol. The number of aliphatic hydroxyl groups is 1. The molecule has 1 amide bonds. The van der Waals surface area contributed by atoms with E-state index in [1.807, 2.05) is 12.1 Å².